The van der Waals surface area contributed by atoms with Crippen molar-refractivity contribution in [2.45, 2.75) is 13.5 Å². The average molecular weight is 281 g/mol. The van der Waals surface area contributed by atoms with Gasteiger partial charge in [-0.05, 0) is 25.1 Å². The SMILES string of the molecule is Cc1[nH]ncc1CNC(=O)c1ccn(-c2ccccc2)n1. The van der Waals surface area contributed by atoms with Crippen LogP contribution in [-0.4, -0.2) is 25.9 Å². The number of aryl methyl sites for hydroxylation is 1. The van der Waals surface area contributed by atoms with Crippen molar-refractivity contribution >= 4 is 5.91 Å². The highest BCUT2D eigenvalue weighted by atomic mass is 16.1. The van der Waals surface area contributed by atoms with Crippen molar-refractivity contribution < 1.29 is 4.79 Å². The number of aromatic amines is 1. The topological polar surface area (TPSA) is 75.6 Å². The van der Waals surface area contributed by atoms with E-state index in [-0.39, 0.29) is 5.91 Å². The molecule has 1 amide bonds. The fourth-order valence-electron chi connectivity index (χ4n) is 1.99. The van der Waals surface area contributed by atoms with E-state index in [4.69, 9.17) is 0 Å². The minimum absolute atomic E-state index is 0.203. The van der Waals surface area contributed by atoms with Gasteiger partial charge in [0, 0.05) is 24.0 Å². The second kappa shape index (κ2) is 5.62. The Hall–Kier alpha value is -2.89. The minimum Gasteiger partial charge on any atom is -0.346 e. The van der Waals surface area contributed by atoms with Crippen molar-refractivity contribution in [2.75, 3.05) is 0 Å². The molecule has 21 heavy (non-hydrogen) atoms. The maximum atomic E-state index is 12.1. The molecule has 6 nitrogen and oxygen atoms in total. The number of carbonyl (C=O) groups is 1. The Morgan fingerprint density at radius 1 is 1.29 bits per heavy atom. The first-order valence-electron chi connectivity index (χ1n) is 6.62. The maximum absolute atomic E-state index is 12.1. The molecule has 0 saturated carbocycles. The van der Waals surface area contributed by atoms with Crippen LogP contribution in [0.2, 0.25) is 0 Å². The van der Waals surface area contributed by atoms with Crippen molar-refractivity contribution in [3.63, 3.8) is 0 Å². The molecule has 2 N–H and O–H groups in total. The molecule has 2 aromatic heterocycles. The number of para-hydroxylation sites is 1. The third-order valence-corrected chi connectivity index (χ3v) is 3.22. The first kappa shape index (κ1) is 13.1. The summed E-state index contributed by atoms with van der Waals surface area (Å²) in [5, 5.41) is 13.9. The van der Waals surface area contributed by atoms with Gasteiger partial charge in [0.15, 0.2) is 5.69 Å². The van der Waals surface area contributed by atoms with Gasteiger partial charge in [-0.25, -0.2) is 4.68 Å². The summed E-state index contributed by atoms with van der Waals surface area (Å²) in [5.41, 5.74) is 3.22. The van der Waals surface area contributed by atoms with Crippen LogP contribution in [-0.2, 0) is 6.54 Å². The van der Waals surface area contributed by atoms with Gasteiger partial charge >= 0.3 is 0 Å². The van der Waals surface area contributed by atoms with Crippen LogP contribution in [0.25, 0.3) is 5.69 Å². The summed E-state index contributed by atoms with van der Waals surface area (Å²) >= 11 is 0. The molecule has 106 valence electrons. The maximum Gasteiger partial charge on any atom is 0.272 e. The Morgan fingerprint density at radius 3 is 2.81 bits per heavy atom. The number of aromatic nitrogens is 4. The molecule has 0 fully saturated rings. The third kappa shape index (κ3) is 2.84. The lowest BCUT2D eigenvalue weighted by Gasteiger charge is -2.02. The predicted molar refractivity (Wildman–Crippen MR) is 78.1 cm³/mol. The molecular formula is C15H15N5O. The van der Waals surface area contributed by atoms with E-state index in [9.17, 15) is 4.79 Å². The number of rotatable bonds is 4. The van der Waals surface area contributed by atoms with E-state index in [1.807, 2.05) is 37.3 Å². The van der Waals surface area contributed by atoms with Gasteiger partial charge in [-0.2, -0.15) is 10.2 Å². The van der Waals surface area contributed by atoms with Crippen LogP contribution in [0, 0.1) is 6.92 Å². The summed E-state index contributed by atoms with van der Waals surface area (Å²) in [6.45, 7) is 2.35. The Labute approximate surface area is 121 Å². The van der Waals surface area contributed by atoms with E-state index in [1.165, 1.54) is 0 Å². The van der Waals surface area contributed by atoms with Crippen LogP contribution in [0.3, 0.4) is 0 Å². The van der Waals surface area contributed by atoms with Gasteiger partial charge in [0.05, 0.1) is 11.9 Å². The van der Waals surface area contributed by atoms with Crippen molar-refractivity contribution in [3.05, 3.63) is 65.7 Å². The van der Waals surface area contributed by atoms with Gasteiger partial charge in [-0.1, -0.05) is 18.2 Å². The molecule has 0 aliphatic heterocycles. The second-order valence-electron chi connectivity index (χ2n) is 4.68. The van der Waals surface area contributed by atoms with Gasteiger partial charge in [-0.15, -0.1) is 0 Å². The molecule has 0 radical (unpaired) electrons. The Bertz CT molecular complexity index is 744. The van der Waals surface area contributed by atoms with Crippen LogP contribution < -0.4 is 5.32 Å². The first-order valence-corrected chi connectivity index (χ1v) is 6.62. The van der Waals surface area contributed by atoms with E-state index in [2.05, 4.69) is 20.6 Å². The van der Waals surface area contributed by atoms with E-state index >= 15 is 0 Å². The van der Waals surface area contributed by atoms with Gasteiger partial charge in [0.2, 0.25) is 0 Å². The zero-order valence-corrected chi connectivity index (χ0v) is 11.6. The standard InChI is InChI=1S/C15H15N5O/c1-11-12(10-17-18-11)9-16-15(21)14-7-8-20(19-14)13-5-3-2-4-6-13/h2-8,10H,9H2,1H3,(H,16,21)(H,17,18). The van der Waals surface area contributed by atoms with Gasteiger partial charge in [-0.3, -0.25) is 9.89 Å². The molecule has 2 heterocycles. The van der Waals surface area contributed by atoms with E-state index in [0.29, 0.717) is 12.2 Å². The highest BCUT2D eigenvalue weighted by Crippen LogP contribution is 2.07. The molecule has 0 saturated heterocycles. The quantitative estimate of drug-likeness (QED) is 0.766. The molecule has 0 bridgehead atoms. The monoisotopic (exact) mass is 281 g/mol. The number of benzene rings is 1. The minimum atomic E-state index is -0.203. The Kier molecular flexibility index (Phi) is 3.51. The Morgan fingerprint density at radius 2 is 2.10 bits per heavy atom. The molecule has 0 aliphatic carbocycles. The molecule has 3 rings (SSSR count). The molecule has 0 unspecified atom stereocenters. The average Bonchev–Trinajstić information content (AvgIpc) is 3.15. The summed E-state index contributed by atoms with van der Waals surface area (Å²) in [4.78, 5) is 12.1. The number of carbonyl (C=O) groups excluding carboxylic acids is 1. The van der Waals surface area contributed by atoms with Crippen molar-refractivity contribution in [3.8, 4) is 5.69 Å². The zero-order chi connectivity index (χ0) is 14.7. The van der Waals surface area contributed by atoms with Crippen LogP contribution in [0.1, 0.15) is 21.7 Å². The number of H-pyrrole nitrogens is 1. The van der Waals surface area contributed by atoms with Crippen LogP contribution >= 0.6 is 0 Å². The summed E-state index contributed by atoms with van der Waals surface area (Å²) in [5.74, 6) is -0.203. The smallest absolute Gasteiger partial charge is 0.272 e. The van der Waals surface area contributed by atoms with E-state index in [1.54, 1.807) is 23.1 Å². The van der Waals surface area contributed by atoms with Crippen LogP contribution in [0.5, 0.6) is 0 Å². The largest absolute Gasteiger partial charge is 0.346 e. The van der Waals surface area contributed by atoms with Crippen molar-refractivity contribution in [2.24, 2.45) is 0 Å². The zero-order valence-electron chi connectivity index (χ0n) is 11.6. The lowest BCUT2D eigenvalue weighted by molar-refractivity contribution is 0.0945. The number of nitrogens with one attached hydrogen (secondary N) is 2. The molecule has 6 heteroatoms. The van der Waals surface area contributed by atoms with E-state index < -0.39 is 0 Å². The normalized spacial score (nSPS) is 10.5. The van der Waals surface area contributed by atoms with Gasteiger partial charge in [0.25, 0.3) is 5.91 Å². The van der Waals surface area contributed by atoms with Crippen LogP contribution in [0.4, 0.5) is 0 Å². The molecule has 1 aromatic carbocycles. The fourth-order valence-corrected chi connectivity index (χ4v) is 1.99. The number of hydrogen-bond acceptors (Lipinski definition) is 3. The summed E-state index contributed by atoms with van der Waals surface area (Å²) in [7, 11) is 0. The Balaban J connectivity index is 1.69. The summed E-state index contributed by atoms with van der Waals surface area (Å²) in [6.07, 6.45) is 3.48. The van der Waals surface area contributed by atoms with Crippen molar-refractivity contribution in [1.82, 2.24) is 25.3 Å². The fraction of sp³-hybridized carbons (Fsp3) is 0.133. The third-order valence-electron chi connectivity index (χ3n) is 3.22. The highest BCUT2D eigenvalue weighted by Gasteiger charge is 2.10. The molecule has 3 aromatic rings. The van der Waals surface area contributed by atoms with Gasteiger partial charge in [0.1, 0.15) is 0 Å². The summed E-state index contributed by atoms with van der Waals surface area (Å²) in [6, 6.07) is 11.4. The summed E-state index contributed by atoms with van der Waals surface area (Å²) < 4.78 is 1.68. The van der Waals surface area contributed by atoms with Crippen LogP contribution in [0.15, 0.2) is 48.8 Å². The number of amides is 1. The molecule has 0 atom stereocenters. The second-order valence-corrected chi connectivity index (χ2v) is 4.68. The van der Waals surface area contributed by atoms with E-state index in [0.717, 1.165) is 16.9 Å². The van der Waals surface area contributed by atoms with Crippen molar-refractivity contribution in [1.29, 1.82) is 0 Å². The first-order chi connectivity index (χ1) is 10.2. The highest BCUT2D eigenvalue weighted by molar-refractivity contribution is 5.92. The lowest BCUT2D eigenvalue weighted by atomic mass is 10.2. The number of nitrogens with zero attached hydrogens (tertiary/aromatic N) is 3. The molecular weight excluding hydrogens is 266 g/mol. The molecule has 0 spiro atoms. The predicted octanol–water partition coefficient (Wildman–Crippen LogP) is 1.83. The lowest BCUT2D eigenvalue weighted by Crippen LogP contribution is -2.23. The number of hydrogen-bond donors (Lipinski definition) is 2. The van der Waals surface area contributed by atoms with Gasteiger partial charge < -0.3 is 5.32 Å². The molecule has 0 aliphatic rings.